The molecule has 1 aliphatic heterocycles. The number of rotatable bonds is 3. The summed E-state index contributed by atoms with van der Waals surface area (Å²) >= 11 is 1.47. The van der Waals surface area contributed by atoms with E-state index >= 15 is 0 Å². The molecule has 1 aromatic carbocycles. The third-order valence-electron chi connectivity index (χ3n) is 4.07. The zero-order valence-corrected chi connectivity index (χ0v) is 16.5. The number of amides is 1. The first-order chi connectivity index (χ1) is 11.8. The van der Waals surface area contributed by atoms with Gasteiger partial charge in [-0.05, 0) is 52.2 Å². The highest BCUT2D eigenvalue weighted by molar-refractivity contribution is 7.87. The lowest BCUT2D eigenvalue weighted by atomic mass is 10.0. The van der Waals surface area contributed by atoms with Gasteiger partial charge in [0.1, 0.15) is 5.60 Å². The van der Waals surface area contributed by atoms with E-state index in [4.69, 9.17) is 4.74 Å². The molecule has 136 valence electrons. The van der Waals surface area contributed by atoms with Crippen LogP contribution in [0.3, 0.4) is 0 Å². The van der Waals surface area contributed by atoms with Crippen LogP contribution in [0, 0.1) is 0 Å². The Balaban J connectivity index is 1.72. The molecule has 2 heterocycles. The van der Waals surface area contributed by atoms with E-state index in [1.807, 2.05) is 45.0 Å². The molecule has 5 nitrogen and oxygen atoms in total. The first-order valence-corrected chi connectivity index (χ1v) is 10.7. The molecule has 1 aliphatic rings. The fraction of sp³-hybridized carbons (Fsp3) is 0.556. The van der Waals surface area contributed by atoms with Crippen LogP contribution in [0.25, 0.3) is 10.2 Å². The number of carbonyl (C=O) groups excluding carboxylic acids is 1. The zero-order chi connectivity index (χ0) is 18.0. The van der Waals surface area contributed by atoms with Gasteiger partial charge in [0, 0.05) is 12.6 Å². The van der Waals surface area contributed by atoms with Crippen molar-refractivity contribution in [2.24, 2.45) is 0 Å². The highest BCUT2D eigenvalue weighted by atomic mass is 32.2. The third kappa shape index (κ3) is 4.58. The summed E-state index contributed by atoms with van der Waals surface area (Å²) in [6.07, 6.45) is 2.55. The van der Waals surface area contributed by atoms with E-state index in [2.05, 4.69) is 4.98 Å². The van der Waals surface area contributed by atoms with Crippen LogP contribution in [0.5, 0.6) is 0 Å². The van der Waals surface area contributed by atoms with E-state index < -0.39 is 16.4 Å². The SMILES string of the molecule is CC(C)(C)OC(=O)N1CCCC[C@H]1C[S@@](=O)c1nc2ccccc2s1. The molecular formula is C18H24N2O3S2. The summed E-state index contributed by atoms with van der Waals surface area (Å²) in [6, 6.07) is 7.75. The molecule has 0 unspecified atom stereocenters. The van der Waals surface area contributed by atoms with Gasteiger partial charge in [0.2, 0.25) is 0 Å². The quantitative estimate of drug-likeness (QED) is 0.801. The molecule has 0 saturated carbocycles. The number of nitrogens with zero attached hydrogens (tertiary/aromatic N) is 2. The lowest BCUT2D eigenvalue weighted by Gasteiger charge is -2.36. The number of ether oxygens (including phenoxy) is 1. The first-order valence-electron chi connectivity index (χ1n) is 8.57. The van der Waals surface area contributed by atoms with Crippen molar-refractivity contribution in [2.45, 2.75) is 56.0 Å². The Morgan fingerprint density at radius 3 is 2.84 bits per heavy atom. The Morgan fingerprint density at radius 1 is 1.36 bits per heavy atom. The van der Waals surface area contributed by atoms with Crippen molar-refractivity contribution in [2.75, 3.05) is 12.3 Å². The largest absolute Gasteiger partial charge is 0.444 e. The Bertz CT molecular complexity index is 749. The second-order valence-electron chi connectivity index (χ2n) is 7.28. The summed E-state index contributed by atoms with van der Waals surface area (Å²) in [5, 5.41) is 0. The van der Waals surface area contributed by atoms with Gasteiger partial charge in [0.25, 0.3) is 0 Å². The lowest BCUT2D eigenvalue weighted by Crippen LogP contribution is -2.48. The normalized spacial score (nSPS) is 19.8. The van der Waals surface area contributed by atoms with Crippen LogP contribution >= 0.6 is 11.3 Å². The average molecular weight is 381 g/mol. The Morgan fingerprint density at radius 2 is 2.12 bits per heavy atom. The molecule has 25 heavy (non-hydrogen) atoms. The molecule has 1 amide bonds. The number of carbonyl (C=O) groups is 1. The van der Waals surface area contributed by atoms with Gasteiger partial charge in [-0.2, -0.15) is 0 Å². The summed E-state index contributed by atoms with van der Waals surface area (Å²) in [5.74, 6) is 0.416. The van der Waals surface area contributed by atoms with Crippen LogP contribution in [0.15, 0.2) is 28.6 Å². The van der Waals surface area contributed by atoms with Crippen LogP contribution in [-0.2, 0) is 15.5 Å². The van der Waals surface area contributed by atoms with Crippen molar-refractivity contribution in [1.82, 2.24) is 9.88 Å². The topological polar surface area (TPSA) is 59.5 Å². The standard InChI is InChI=1S/C18H24N2O3S2/c1-18(2,3)23-17(21)20-11-7-6-8-13(20)12-25(22)16-19-14-9-4-5-10-15(14)24-16/h4-5,9-10,13H,6-8,11-12H2,1-3H3/t13-,25+/m0/s1. The maximum absolute atomic E-state index is 12.8. The number of para-hydroxylation sites is 1. The van der Waals surface area contributed by atoms with E-state index in [1.54, 1.807) is 4.90 Å². The maximum Gasteiger partial charge on any atom is 0.410 e. The Kier molecular flexibility index (Phi) is 5.43. The zero-order valence-electron chi connectivity index (χ0n) is 14.9. The Hall–Kier alpha value is -1.47. The molecular weight excluding hydrogens is 356 g/mol. The van der Waals surface area contributed by atoms with Crippen molar-refractivity contribution in [1.29, 1.82) is 0 Å². The van der Waals surface area contributed by atoms with Gasteiger partial charge in [-0.25, -0.2) is 9.78 Å². The van der Waals surface area contributed by atoms with Crippen molar-refractivity contribution in [3.05, 3.63) is 24.3 Å². The minimum atomic E-state index is -1.22. The second-order valence-corrected chi connectivity index (χ2v) is 9.98. The summed E-state index contributed by atoms with van der Waals surface area (Å²) in [6.45, 7) is 6.26. The monoisotopic (exact) mass is 380 g/mol. The van der Waals surface area contributed by atoms with Crippen LogP contribution in [0.2, 0.25) is 0 Å². The minimum Gasteiger partial charge on any atom is -0.444 e. The first kappa shape index (κ1) is 18.3. The van der Waals surface area contributed by atoms with Gasteiger partial charge < -0.3 is 9.64 Å². The van der Waals surface area contributed by atoms with Crippen LogP contribution in [0.4, 0.5) is 4.79 Å². The van der Waals surface area contributed by atoms with E-state index in [-0.39, 0.29) is 12.1 Å². The summed E-state index contributed by atoms with van der Waals surface area (Å²) in [4.78, 5) is 18.7. The van der Waals surface area contributed by atoms with Crippen molar-refractivity contribution >= 4 is 38.4 Å². The molecule has 1 aromatic heterocycles. The molecule has 0 spiro atoms. The molecule has 0 aliphatic carbocycles. The van der Waals surface area contributed by atoms with Gasteiger partial charge in [0.15, 0.2) is 4.34 Å². The van der Waals surface area contributed by atoms with Gasteiger partial charge >= 0.3 is 6.09 Å². The number of likely N-dealkylation sites (tertiary alicyclic amines) is 1. The molecule has 2 aromatic rings. The van der Waals surface area contributed by atoms with Gasteiger partial charge in [-0.3, -0.25) is 4.21 Å². The lowest BCUT2D eigenvalue weighted by molar-refractivity contribution is 0.0125. The highest BCUT2D eigenvalue weighted by Crippen LogP contribution is 2.27. The number of fused-ring (bicyclic) bond motifs is 1. The molecule has 0 radical (unpaired) electrons. The molecule has 7 heteroatoms. The average Bonchev–Trinajstić information content (AvgIpc) is 2.98. The number of hydrogen-bond acceptors (Lipinski definition) is 5. The fourth-order valence-corrected chi connectivity index (χ4v) is 5.51. The maximum atomic E-state index is 12.8. The number of piperidine rings is 1. The van der Waals surface area contributed by atoms with E-state index in [1.165, 1.54) is 11.3 Å². The molecule has 0 N–H and O–H groups in total. The third-order valence-corrected chi connectivity index (χ3v) is 6.87. The molecule has 3 rings (SSSR count). The highest BCUT2D eigenvalue weighted by Gasteiger charge is 2.32. The van der Waals surface area contributed by atoms with Crippen LogP contribution in [0.1, 0.15) is 40.0 Å². The molecule has 1 fully saturated rings. The van der Waals surface area contributed by atoms with Gasteiger partial charge in [-0.1, -0.05) is 12.1 Å². The molecule has 0 bridgehead atoms. The molecule has 2 atom stereocenters. The minimum absolute atomic E-state index is 0.0588. The van der Waals surface area contributed by atoms with E-state index in [0.717, 1.165) is 29.5 Å². The van der Waals surface area contributed by atoms with Gasteiger partial charge in [0.05, 0.1) is 26.8 Å². The predicted octanol–water partition coefficient (Wildman–Crippen LogP) is 4.19. The van der Waals surface area contributed by atoms with Crippen LogP contribution in [-0.4, -0.2) is 44.1 Å². The summed E-state index contributed by atoms with van der Waals surface area (Å²) in [5.41, 5.74) is 0.356. The van der Waals surface area contributed by atoms with Crippen LogP contribution < -0.4 is 0 Å². The van der Waals surface area contributed by atoms with E-state index in [9.17, 15) is 9.00 Å². The number of hydrogen-bond donors (Lipinski definition) is 0. The Labute approximate surface area is 154 Å². The smallest absolute Gasteiger partial charge is 0.410 e. The molecule has 1 saturated heterocycles. The van der Waals surface area contributed by atoms with Crippen molar-refractivity contribution < 1.29 is 13.7 Å². The van der Waals surface area contributed by atoms with Crippen molar-refractivity contribution in [3.63, 3.8) is 0 Å². The number of aromatic nitrogens is 1. The summed E-state index contributed by atoms with van der Waals surface area (Å²) < 4.78 is 20.0. The number of benzene rings is 1. The predicted molar refractivity (Wildman–Crippen MR) is 101 cm³/mol. The van der Waals surface area contributed by atoms with Gasteiger partial charge in [-0.15, -0.1) is 11.3 Å². The fourth-order valence-electron chi connectivity index (χ4n) is 2.93. The summed E-state index contributed by atoms with van der Waals surface area (Å²) in [7, 11) is -1.22. The van der Waals surface area contributed by atoms with E-state index in [0.29, 0.717) is 16.6 Å². The van der Waals surface area contributed by atoms with Crippen molar-refractivity contribution in [3.8, 4) is 0 Å². The second kappa shape index (κ2) is 7.41. The number of thiazole rings is 1.